The Hall–Kier alpha value is -2.31. The Balaban J connectivity index is 1.86. The number of anilines is 1. The summed E-state index contributed by atoms with van der Waals surface area (Å²) in [5, 5.41) is 7.60. The van der Waals surface area contributed by atoms with Crippen molar-refractivity contribution in [1.29, 1.82) is 0 Å². The van der Waals surface area contributed by atoms with E-state index in [9.17, 15) is 9.59 Å². The number of carbonyl (C=O) groups is 2. The first-order valence-electron chi connectivity index (χ1n) is 7.78. The second kappa shape index (κ2) is 6.20. The van der Waals surface area contributed by atoms with Crippen LogP contribution >= 0.6 is 23.4 Å². The van der Waals surface area contributed by atoms with Gasteiger partial charge in [-0.1, -0.05) is 35.5 Å². The summed E-state index contributed by atoms with van der Waals surface area (Å²) in [7, 11) is 0. The molecule has 7 heteroatoms. The molecule has 2 aliphatic heterocycles. The minimum atomic E-state index is -0.160. The number of amides is 2. The molecule has 0 spiro atoms. The van der Waals surface area contributed by atoms with E-state index in [1.165, 1.54) is 11.8 Å². The molecule has 2 aliphatic rings. The fourth-order valence-electron chi connectivity index (χ4n) is 3.09. The molecular weight excluding hydrogens is 358 g/mol. The lowest BCUT2D eigenvalue weighted by Crippen LogP contribution is -2.29. The number of carbonyl (C=O) groups excluding carboxylic acids is 2. The van der Waals surface area contributed by atoms with Gasteiger partial charge in [0.2, 0.25) is 5.91 Å². The summed E-state index contributed by atoms with van der Waals surface area (Å²) in [6, 6.07) is 11.5. The monoisotopic (exact) mass is 371 g/mol. The standard InChI is InChI=1S/C18H14ClN3O2S/c1-9-16(21-22-18(24)25-9)11-6-12-8-15(23)20-17(12)14(7-11)10-2-4-13(19)5-3-10/h2-7,9H,8H2,1H3,(H,20,23)(H,22,24). The van der Waals surface area contributed by atoms with Gasteiger partial charge in [-0.3, -0.25) is 9.59 Å². The Kier molecular flexibility index (Phi) is 4.01. The van der Waals surface area contributed by atoms with Crippen molar-refractivity contribution in [3.63, 3.8) is 0 Å². The number of thioether (sulfide) groups is 1. The van der Waals surface area contributed by atoms with Gasteiger partial charge in [0.05, 0.1) is 23.1 Å². The zero-order valence-electron chi connectivity index (χ0n) is 13.3. The van der Waals surface area contributed by atoms with Gasteiger partial charge in [-0.05, 0) is 47.9 Å². The predicted octanol–water partition coefficient (Wildman–Crippen LogP) is 4.05. The van der Waals surface area contributed by atoms with E-state index in [4.69, 9.17) is 11.6 Å². The molecule has 2 N–H and O–H groups in total. The summed E-state index contributed by atoms with van der Waals surface area (Å²) >= 11 is 7.19. The number of hydrogen-bond acceptors (Lipinski definition) is 4. The van der Waals surface area contributed by atoms with Crippen LogP contribution in [0.2, 0.25) is 5.02 Å². The molecule has 25 heavy (non-hydrogen) atoms. The quantitative estimate of drug-likeness (QED) is 0.836. The van der Waals surface area contributed by atoms with Gasteiger partial charge in [-0.15, -0.1) is 0 Å². The van der Waals surface area contributed by atoms with Crippen molar-refractivity contribution in [1.82, 2.24) is 5.43 Å². The highest BCUT2D eigenvalue weighted by Gasteiger charge is 2.27. The van der Waals surface area contributed by atoms with Crippen molar-refractivity contribution in [2.24, 2.45) is 5.10 Å². The smallest absolute Gasteiger partial charge is 0.299 e. The largest absolute Gasteiger partial charge is 0.325 e. The second-order valence-electron chi connectivity index (χ2n) is 5.95. The van der Waals surface area contributed by atoms with Gasteiger partial charge in [0.1, 0.15) is 0 Å². The zero-order valence-corrected chi connectivity index (χ0v) is 14.9. The number of benzene rings is 2. The first kappa shape index (κ1) is 16.2. The Morgan fingerprint density at radius 2 is 1.92 bits per heavy atom. The van der Waals surface area contributed by atoms with Crippen molar-refractivity contribution in [3.05, 3.63) is 52.5 Å². The molecule has 1 unspecified atom stereocenters. The van der Waals surface area contributed by atoms with E-state index >= 15 is 0 Å². The highest BCUT2D eigenvalue weighted by atomic mass is 35.5. The van der Waals surface area contributed by atoms with E-state index in [1.807, 2.05) is 43.3 Å². The maximum Gasteiger partial charge on any atom is 0.299 e. The van der Waals surface area contributed by atoms with Crippen LogP contribution in [0.1, 0.15) is 18.1 Å². The van der Waals surface area contributed by atoms with Gasteiger partial charge in [0.25, 0.3) is 5.24 Å². The van der Waals surface area contributed by atoms with Gasteiger partial charge in [0.15, 0.2) is 0 Å². The Labute approximate surface area is 153 Å². The molecule has 1 atom stereocenters. The van der Waals surface area contributed by atoms with E-state index in [2.05, 4.69) is 15.8 Å². The fraction of sp³-hybridized carbons (Fsp3) is 0.167. The molecule has 2 heterocycles. The molecule has 0 saturated heterocycles. The van der Waals surface area contributed by atoms with Gasteiger partial charge >= 0.3 is 0 Å². The predicted molar refractivity (Wildman–Crippen MR) is 101 cm³/mol. The van der Waals surface area contributed by atoms with Crippen LogP contribution in [0.25, 0.3) is 11.1 Å². The molecule has 0 radical (unpaired) electrons. The average Bonchev–Trinajstić information content (AvgIpc) is 2.95. The molecule has 0 aliphatic carbocycles. The number of hydrogen-bond donors (Lipinski definition) is 2. The number of fused-ring (bicyclic) bond motifs is 1. The molecule has 0 saturated carbocycles. The van der Waals surface area contributed by atoms with Gasteiger partial charge in [0, 0.05) is 10.6 Å². The SMILES string of the molecule is CC1SC(=O)NN=C1c1cc2c(c(-c3ccc(Cl)cc3)c1)NC(=O)C2. The fourth-order valence-corrected chi connectivity index (χ4v) is 3.94. The third-order valence-corrected chi connectivity index (χ3v) is 5.36. The lowest BCUT2D eigenvalue weighted by Gasteiger charge is -2.20. The van der Waals surface area contributed by atoms with Crippen molar-refractivity contribution in [2.45, 2.75) is 18.6 Å². The van der Waals surface area contributed by atoms with Crippen molar-refractivity contribution >= 4 is 45.9 Å². The van der Waals surface area contributed by atoms with Gasteiger partial charge < -0.3 is 5.32 Å². The minimum Gasteiger partial charge on any atom is -0.325 e. The molecule has 126 valence electrons. The number of rotatable bonds is 2. The maximum absolute atomic E-state index is 11.9. The summed E-state index contributed by atoms with van der Waals surface area (Å²) in [4.78, 5) is 23.4. The topological polar surface area (TPSA) is 70.6 Å². The summed E-state index contributed by atoms with van der Waals surface area (Å²) in [6.45, 7) is 1.95. The van der Waals surface area contributed by atoms with Crippen LogP contribution < -0.4 is 10.7 Å². The summed E-state index contributed by atoms with van der Waals surface area (Å²) < 4.78 is 0. The van der Waals surface area contributed by atoms with Crippen molar-refractivity contribution < 1.29 is 9.59 Å². The summed E-state index contributed by atoms with van der Waals surface area (Å²) in [6.07, 6.45) is 0.338. The third kappa shape index (κ3) is 3.03. The van der Waals surface area contributed by atoms with Crippen molar-refractivity contribution in [2.75, 3.05) is 5.32 Å². The minimum absolute atomic E-state index is 0.0244. The molecule has 0 fully saturated rings. The molecule has 2 aromatic carbocycles. The molecule has 2 amide bonds. The number of nitrogens with one attached hydrogen (secondary N) is 2. The first-order chi connectivity index (χ1) is 12.0. The lowest BCUT2D eigenvalue weighted by atomic mass is 9.95. The molecule has 4 rings (SSSR count). The zero-order chi connectivity index (χ0) is 17.6. The maximum atomic E-state index is 11.9. The average molecular weight is 372 g/mol. The van der Waals surface area contributed by atoms with Gasteiger partial charge in [-0.2, -0.15) is 5.10 Å². The second-order valence-corrected chi connectivity index (χ2v) is 7.70. The summed E-state index contributed by atoms with van der Waals surface area (Å²) in [5.74, 6) is -0.0244. The first-order valence-corrected chi connectivity index (χ1v) is 9.04. The Morgan fingerprint density at radius 1 is 1.16 bits per heavy atom. The van der Waals surface area contributed by atoms with E-state index in [0.29, 0.717) is 11.4 Å². The van der Waals surface area contributed by atoms with E-state index in [-0.39, 0.29) is 16.4 Å². The third-order valence-electron chi connectivity index (χ3n) is 4.22. The van der Waals surface area contributed by atoms with Crippen LogP contribution in [-0.4, -0.2) is 22.1 Å². The van der Waals surface area contributed by atoms with Crippen molar-refractivity contribution in [3.8, 4) is 11.1 Å². The highest BCUT2D eigenvalue weighted by Crippen LogP contribution is 2.37. The van der Waals surface area contributed by atoms with Crippen LogP contribution in [0, 0.1) is 0 Å². The van der Waals surface area contributed by atoms with Crippen LogP contribution in [0.15, 0.2) is 41.5 Å². The Morgan fingerprint density at radius 3 is 2.64 bits per heavy atom. The molecule has 0 bridgehead atoms. The number of halogens is 1. The number of nitrogens with zero attached hydrogens (tertiary/aromatic N) is 1. The van der Waals surface area contributed by atoms with E-state index in [1.54, 1.807) is 0 Å². The van der Waals surface area contributed by atoms with E-state index < -0.39 is 0 Å². The number of hydrazone groups is 1. The van der Waals surface area contributed by atoms with Crippen LogP contribution in [0.5, 0.6) is 0 Å². The molecular formula is C18H14ClN3O2S. The van der Waals surface area contributed by atoms with E-state index in [0.717, 1.165) is 33.7 Å². The molecule has 5 nitrogen and oxygen atoms in total. The van der Waals surface area contributed by atoms with Crippen LogP contribution in [0.3, 0.4) is 0 Å². The Bertz CT molecular complexity index is 925. The van der Waals surface area contributed by atoms with Gasteiger partial charge in [-0.25, -0.2) is 5.43 Å². The lowest BCUT2D eigenvalue weighted by molar-refractivity contribution is -0.115. The normalized spacial score (nSPS) is 19.1. The van der Waals surface area contributed by atoms with Crippen LogP contribution in [0.4, 0.5) is 10.5 Å². The van der Waals surface area contributed by atoms with Crippen LogP contribution in [-0.2, 0) is 11.2 Å². The highest BCUT2D eigenvalue weighted by molar-refractivity contribution is 8.14. The molecule has 0 aromatic heterocycles. The molecule has 2 aromatic rings. The summed E-state index contributed by atoms with van der Waals surface area (Å²) in [5.41, 5.74) is 7.86.